The smallest absolute Gasteiger partial charge is 0.325 e. The molecule has 0 aromatic heterocycles. The van der Waals surface area contributed by atoms with Gasteiger partial charge in [-0.1, -0.05) is 6.92 Å². The highest BCUT2D eigenvalue weighted by Crippen LogP contribution is 1.85. The van der Waals surface area contributed by atoms with Crippen LogP contribution in [0, 0.1) is 0 Å². The highest BCUT2D eigenvalue weighted by Gasteiger charge is 2.11. The second-order valence-corrected chi connectivity index (χ2v) is 1.96. The molecular formula is C6H14ClNO3. The van der Waals surface area contributed by atoms with Crippen LogP contribution < -0.4 is 5.73 Å². The van der Waals surface area contributed by atoms with Gasteiger partial charge >= 0.3 is 5.97 Å². The van der Waals surface area contributed by atoms with Crippen LogP contribution in [0.5, 0.6) is 0 Å². The van der Waals surface area contributed by atoms with Crippen LogP contribution in [0.2, 0.25) is 0 Å². The van der Waals surface area contributed by atoms with Crippen LogP contribution in [0.15, 0.2) is 0 Å². The number of aliphatic hydroxyl groups excluding tert-OH is 1. The average molecular weight is 184 g/mol. The number of hydrogen-bond donors (Lipinski definition) is 2. The van der Waals surface area contributed by atoms with E-state index < -0.39 is 12.0 Å². The standard InChI is InChI=1S/C6H13NO3.ClH/c1-2-3-10-6(9)5(7)4-8;/h5,8H,2-4,7H2,1H3;1H. The van der Waals surface area contributed by atoms with Gasteiger partial charge in [0.25, 0.3) is 0 Å². The predicted molar refractivity (Wildman–Crippen MR) is 43.6 cm³/mol. The first-order chi connectivity index (χ1) is 4.72. The fraction of sp³-hybridized carbons (Fsp3) is 0.833. The molecule has 0 rings (SSSR count). The first-order valence-electron chi connectivity index (χ1n) is 3.25. The minimum atomic E-state index is -0.883. The first kappa shape index (κ1) is 13.3. The predicted octanol–water partition coefficient (Wildman–Crippen LogP) is -0.319. The van der Waals surface area contributed by atoms with Crippen molar-refractivity contribution in [2.24, 2.45) is 5.73 Å². The summed E-state index contributed by atoms with van der Waals surface area (Å²) in [4.78, 5) is 10.6. The summed E-state index contributed by atoms with van der Waals surface area (Å²) in [7, 11) is 0. The third-order valence-corrected chi connectivity index (χ3v) is 0.948. The molecule has 0 saturated heterocycles. The minimum Gasteiger partial charge on any atom is -0.464 e. The Balaban J connectivity index is 0. The van der Waals surface area contributed by atoms with E-state index in [4.69, 9.17) is 10.8 Å². The van der Waals surface area contributed by atoms with Gasteiger partial charge in [-0.3, -0.25) is 4.79 Å². The summed E-state index contributed by atoms with van der Waals surface area (Å²) in [5, 5.41) is 8.38. The molecule has 0 saturated carbocycles. The fourth-order valence-electron chi connectivity index (χ4n) is 0.384. The zero-order chi connectivity index (χ0) is 7.98. The van der Waals surface area contributed by atoms with E-state index in [9.17, 15) is 4.79 Å². The highest BCUT2D eigenvalue weighted by atomic mass is 35.5. The van der Waals surface area contributed by atoms with Crippen molar-refractivity contribution in [2.45, 2.75) is 19.4 Å². The van der Waals surface area contributed by atoms with Crippen molar-refractivity contribution in [1.82, 2.24) is 0 Å². The molecule has 0 aromatic carbocycles. The number of halogens is 1. The summed E-state index contributed by atoms with van der Waals surface area (Å²) < 4.78 is 4.62. The van der Waals surface area contributed by atoms with E-state index in [-0.39, 0.29) is 19.0 Å². The summed E-state index contributed by atoms with van der Waals surface area (Å²) in [5.41, 5.74) is 5.13. The Kier molecular flexibility index (Phi) is 9.40. The second kappa shape index (κ2) is 7.78. The van der Waals surface area contributed by atoms with Crippen LogP contribution in [0.1, 0.15) is 13.3 Å². The summed E-state index contributed by atoms with van der Waals surface area (Å²) in [6.45, 7) is 1.90. The largest absolute Gasteiger partial charge is 0.464 e. The molecule has 0 bridgehead atoms. The number of carbonyl (C=O) groups is 1. The lowest BCUT2D eigenvalue weighted by Gasteiger charge is -2.06. The maximum Gasteiger partial charge on any atom is 0.325 e. The van der Waals surface area contributed by atoms with Gasteiger partial charge in [-0.05, 0) is 6.42 Å². The lowest BCUT2D eigenvalue weighted by molar-refractivity contribution is -0.146. The normalized spacial score (nSPS) is 11.5. The maximum atomic E-state index is 10.6. The Hall–Kier alpha value is -0.320. The summed E-state index contributed by atoms with van der Waals surface area (Å²) >= 11 is 0. The third-order valence-electron chi connectivity index (χ3n) is 0.948. The van der Waals surface area contributed by atoms with Gasteiger partial charge in [-0.15, -0.1) is 12.4 Å². The molecule has 0 fully saturated rings. The summed E-state index contributed by atoms with van der Waals surface area (Å²) in [5.74, 6) is -0.538. The molecule has 0 radical (unpaired) electrons. The maximum absolute atomic E-state index is 10.6. The fourth-order valence-corrected chi connectivity index (χ4v) is 0.384. The number of aliphatic hydroxyl groups is 1. The van der Waals surface area contributed by atoms with Gasteiger partial charge in [-0.2, -0.15) is 0 Å². The zero-order valence-corrected chi connectivity index (χ0v) is 7.26. The number of carbonyl (C=O) groups excluding carboxylic acids is 1. The Morgan fingerprint density at radius 1 is 1.73 bits per heavy atom. The van der Waals surface area contributed by atoms with Crippen LogP contribution in [-0.2, 0) is 9.53 Å². The molecule has 0 aliphatic heterocycles. The van der Waals surface area contributed by atoms with Crippen LogP contribution >= 0.6 is 12.4 Å². The lowest BCUT2D eigenvalue weighted by Crippen LogP contribution is -2.35. The van der Waals surface area contributed by atoms with Gasteiger partial charge in [0.2, 0.25) is 0 Å². The molecule has 0 amide bonds. The van der Waals surface area contributed by atoms with Gasteiger partial charge in [0.15, 0.2) is 0 Å². The van der Waals surface area contributed by atoms with Gasteiger partial charge in [0, 0.05) is 0 Å². The van der Waals surface area contributed by atoms with E-state index in [0.29, 0.717) is 6.61 Å². The third kappa shape index (κ3) is 6.09. The number of rotatable bonds is 4. The number of hydrogen-bond acceptors (Lipinski definition) is 4. The van der Waals surface area contributed by atoms with Crippen molar-refractivity contribution >= 4 is 18.4 Å². The number of nitrogens with two attached hydrogens (primary N) is 1. The monoisotopic (exact) mass is 183 g/mol. The molecule has 0 heterocycles. The molecule has 0 aliphatic carbocycles. The van der Waals surface area contributed by atoms with E-state index in [1.54, 1.807) is 0 Å². The minimum absolute atomic E-state index is 0. The SMILES string of the molecule is CCCOC(=O)C(N)CO.Cl. The van der Waals surface area contributed by atoms with E-state index in [1.807, 2.05) is 6.92 Å². The average Bonchev–Trinajstić information content (AvgIpc) is 1.98. The molecule has 1 atom stereocenters. The molecule has 3 N–H and O–H groups in total. The van der Waals surface area contributed by atoms with Crippen molar-refractivity contribution < 1.29 is 14.6 Å². The molecule has 11 heavy (non-hydrogen) atoms. The number of ether oxygens (including phenoxy) is 1. The quantitative estimate of drug-likeness (QED) is 0.586. The van der Waals surface area contributed by atoms with Gasteiger partial charge in [0.05, 0.1) is 13.2 Å². The topological polar surface area (TPSA) is 72.5 Å². The Morgan fingerprint density at radius 3 is 2.64 bits per heavy atom. The van der Waals surface area contributed by atoms with Crippen LogP contribution in [0.3, 0.4) is 0 Å². The zero-order valence-electron chi connectivity index (χ0n) is 6.45. The molecule has 68 valence electrons. The summed E-state index contributed by atoms with van der Waals surface area (Å²) in [6, 6.07) is -0.883. The van der Waals surface area contributed by atoms with Crippen molar-refractivity contribution in [1.29, 1.82) is 0 Å². The molecule has 4 nitrogen and oxygen atoms in total. The number of esters is 1. The lowest BCUT2D eigenvalue weighted by atomic mass is 10.3. The van der Waals surface area contributed by atoms with Crippen molar-refractivity contribution in [3.63, 3.8) is 0 Å². The highest BCUT2D eigenvalue weighted by molar-refractivity contribution is 5.85. The van der Waals surface area contributed by atoms with Crippen molar-refractivity contribution in [2.75, 3.05) is 13.2 Å². The molecule has 5 heteroatoms. The molecule has 0 aromatic rings. The van der Waals surface area contributed by atoms with E-state index >= 15 is 0 Å². The molecule has 0 spiro atoms. The van der Waals surface area contributed by atoms with Crippen LogP contribution in [0.25, 0.3) is 0 Å². The first-order valence-corrected chi connectivity index (χ1v) is 3.25. The second-order valence-electron chi connectivity index (χ2n) is 1.96. The van der Waals surface area contributed by atoms with E-state index in [0.717, 1.165) is 6.42 Å². The van der Waals surface area contributed by atoms with Crippen LogP contribution in [-0.4, -0.2) is 30.3 Å². The molecule has 1 unspecified atom stereocenters. The van der Waals surface area contributed by atoms with Crippen molar-refractivity contribution in [3.05, 3.63) is 0 Å². The van der Waals surface area contributed by atoms with E-state index in [2.05, 4.69) is 4.74 Å². The van der Waals surface area contributed by atoms with E-state index in [1.165, 1.54) is 0 Å². The molecule has 0 aliphatic rings. The Bertz CT molecular complexity index is 110. The molecular weight excluding hydrogens is 170 g/mol. The summed E-state index contributed by atoms with van der Waals surface area (Å²) in [6.07, 6.45) is 0.768. The van der Waals surface area contributed by atoms with Crippen LogP contribution in [0.4, 0.5) is 0 Å². The van der Waals surface area contributed by atoms with Gasteiger partial charge in [-0.25, -0.2) is 0 Å². The Labute approximate surface area is 72.1 Å². The Morgan fingerprint density at radius 2 is 2.27 bits per heavy atom. The van der Waals surface area contributed by atoms with Gasteiger partial charge < -0.3 is 15.6 Å². The van der Waals surface area contributed by atoms with Gasteiger partial charge in [0.1, 0.15) is 6.04 Å². The van der Waals surface area contributed by atoms with Crippen molar-refractivity contribution in [3.8, 4) is 0 Å².